The van der Waals surface area contributed by atoms with Gasteiger partial charge in [-0.25, -0.2) is 0 Å². The Morgan fingerprint density at radius 3 is 2.48 bits per heavy atom. The molecule has 5 nitrogen and oxygen atoms in total. The monoisotopic (exact) mass is 332 g/mol. The van der Waals surface area contributed by atoms with Crippen molar-refractivity contribution in [1.29, 1.82) is 0 Å². The van der Waals surface area contributed by atoms with Crippen molar-refractivity contribution in [2.24, 2.45) is 0 Å². The normalized spacial score (nSPS) is 11.4. The zero-order valence-corrected chi connectivity index (χ0v) is 13.3. The molecule has 2 N–H and O–H groups in total. The summed E-state index contributed by atoms with van der Waals surface area (Å²) in [7, 11) is 0. The molecule has 0 bridgehead atoms. The molecule has 0 unspecified atom stereocenters. The van der Waals surface area contributed by atoms with Crippen LogP contribution in [0.3, 0.4) is 0 Å². The van der Waals surface area contributed by atoms with Gasteiger partial charge < -0.3 is 4.74 Å². The Hall–Kier alpha value is -2.53. The molecule has 0 aromatic heterocycles. The Balaban J connectivity index is 1.91. The first kappa shape index (κ1) is 16.8. The SMILES string of the molecule is CC[C@@H](Oc1ccccc1)C(=O)NNC(=O)c1cccc(Cl)c1. The molecule has 0 radical (unpaired) electrons. The maximum absolute atomic E-state index is 12.1. The van der Waals surface area contributed by atoms with Crippen LogP contribution in [0.25, 0.3) is 0 Å². The molecule has 0 aliphatic heterocycles. The van der Waals surface area contributed by atoms with Gasteiger partial charge in [0.2, 0.25) is 0 Å². The van der Waals surface area contributed by atoms with Gasteiger partial charge in [-0.05, 0) is 36.8 Å². The molecule has 0 saturated carbocycles. The van der Waals surface area contributed by atoms with E-state index in [2.05, 4.69) is 10.9 Å². The molecule has 1 atom stereocenters. The number of hydrogen-bond donors (Lipinski definition) is 2. The first-order chi connectivity index (χ1) is 11.1. The fraction of sp³-hybridized carbons (Fsp3) is 0.176. The molecule has 0 fully saturated rings. The molecule has 0 spiro atoms. The zero-order valence-electron chi connectivity index (χ0n) is 12.6. The highest BCUT2D eigenvalue weighted by atomic mass is 35.5. The first-order valence-electron chi connectivity index (χ1n) is 7.17. The van der Waals surface area contributed by atoms with Crippen LogP contribution in [-0.2, 0) is 4.79 Å². The quantitative estimate of drug-likeness (QED) is 0.827. The average Bonchev–Trinajstić information content (AvgIpc) is 2.58. The summed E-state index contributed by atoms with van der Waals surface area (Å²) in [4.78, 5) is 24.0. The van der Waals surface area contributed by atoms with Gasteiger partial charge in [0.05, 0.1) is 0 Å². The first-order valence-corrected chi connectivity index (χ1v) is 7.55. The minimum atomic E-state index is -0.697. The lowest BCUT2D eigenvalue weighted by molar-refractivity contribution is -0.128. The van der Waals surface area contributed by atoms with Gasteiger partial charge in [-0.2, -0.15) is 0 Å². The zero-order chi connectivity index (χ0) is 16.7. The van der Waals surface area contributed by atoms with Crippen molar-refractivity contribution < 1.29 is 14.3 Å². The van der Waals surface area contributed by atoms with E-state index in [0.29, 0.717) is 22.8 Å². The Morgan fingerprint density at radius 2 is 1.83 bits per heavy atom. The van der Waals surface area contributed by atoms with Crippen LogP contribution in [-0.4, -0.2) is 17.9 Å². The van der Waals surface area contributed by atoms with Crippen molar-refractivity contribution in [3.8, 4) is 5.75 Å². The summed E-state index contributed by atoms with van der Waals surface area (Å²) in [6.45, 7) is 1.83. The highest BCUT2D eigenvalue weighted by molar-refractivity contribution is 6.30. The number of para-hydroxylation sites is 1. The summed E-state index contributed by atoms with van der Waals surface area (Å²) in [5.74, 6) is -0.280. The molecule has 2 aromatic rings. The highest BCUT2D eigenvalue weighted by Gasteiger charge is 2.19. The Morgan fingerprint density at radius 1 is 1.09 bits per heavy atom. The number of carbonyl (C=O) groups excluding carboxylic acids is 2. The molecule has 0 heterocycles. The van der Waals surface area contributed by atoms with Crippen LogP contribution in [0.5, 0.6) is 5.75 Å². The maximum atomic E-state index is 12.1. The van der Waals surface area contributed by atoms with E-state index in [9.17, 15) is 9.59 Å². The minimum absolute atomic E-state index is 0.356. The third kappa shape index (κ3) is 5.00. The lowest BCUT2D eigenvalue weighted by Gasteiger charge is -2.17. The number of carbonyl (C=O) groups is 2. The van der Waals surface area contributed by atoms with Crippen LogP contribution < -0.4 is 15.6 Å². The van der Waals surface area contributed by atoms with Gasteiger partial charge in [0.1, 0.15) is 5.75 Å². The van der Waals surface area contributed by atoms with Gasteiger partial charge >= 0.3 is 0 Å². The number of ether oxygens (including phenoxy) is 1. The Labute approximate surface area is 139 Å². The molecular weight excluding hydrogens is 316 g/mol. The van der Waals surface area contributed by atoms with Crippen molar-refractivity contribution in [1.82, 2.24) is 10.9 Å². The predicted octanol–water partition coefficient (Wildman–Crippen LogP) is 2.96. The maximum Gasteiger partial charge on any atom is 0.279 e. The molecule has 0 aliphatic rings. The minimum Gasteiger partial charge on any atom is -0.481 e. The fourth-order valence-corrected chi connectivity index (χ4v) is 2.08. The summed E-state index contributed by atoms with van der Waals surface area (Å²) in [5.41, 5.74) is 5.07. The highest BCUT2D eigenvalue weighted by Crippen LogP contribution is 2.13. The summed E-state index contributed by atoms with van der Waals surface area (Å²) < 4.78 is 5.60. The molecule has 120 valence electrons. The molecule has 0 aliphatic carbocycles. The standard InChI is InChI=1S/C17H17ClN2O3/c1-2-15(23-14-9-4-3-5-10-14)17(22)20-19-16(21)12-7-6-8-13(18)11-12/h3-11,15H,2H2,1H3,(H,19,21)(H,20,22)/t15-/m1/s1. The Bertz CT molecular complexity index is 677. The summed E-state index contributed by atoms with van der Waals surface area (Å²) in [6, 6.07) is 15.5. The number of hydrogen-bond acceptors (Lipinski definition) is 3. The van der Waals surface area contributed by atoms with Crippen LogP contribution >= 0.6 is 11.6 Å². The van der Waals surface area contributed by atoms with Gasteiger partial charge in [-0.15, -0.1) is 0 Å². The van der Waals surface area contributed by atoms with Gasteiger partial charge in [-0.1, -0.05) is 42.8 Å². The van der Waals surface area contributed by atoms with Crippen molar-refractivity contribution in [2.75, 3.05) is 0 Å². The molecule has 2 aromatic carbocycles. The molecule has 2 rings (SSSR count). The van der Waals surface area contributed by atoms with E-state index in [1.807, 2.05) is 25.1 Å². The topological polar surface area (TPSA) is 67.4 Å². The number of amides is 2. The largest absolute Gasteiger partial charge is 0.481 e. The third-order valence-electron chi connectivity index (χ3n) is 3.07. The average molecular weight is 333 g/mol. The number of hydrazine groups is 1. The van der Waals surface area contributed by atoms with Crippen LogP contribution in [0.15, 0.2) is 54.6 Å². The van der Waals surface area contributed by atoms with E-state index in [1.165, 1.54) is 6.07 Å². The number of nitrogens with one attached hydrogen (secondary N) is 2. The van der Waals surface area contributed by atoms with Crippen molar-refractivity contribution >= 4 is 23.4 Å². The second-order valence-corrected chi connectivity index (χ2v) is 5.22. The van der Waals surface area contributed by atoms with Gasteiger partial charge in [0.15, 0.2) is 6.10 Å². The van der Waals surface area contributed by atoms with Gasteiger partial charge in [-0.3, -0.25) is 20.4 Å². The number of benzene rings is 2. The fourth-order valence-electron chi connectivity index (χ4n) is 1.89. The molecule has 0 saturated heterocycles. The number of rotatable bonds is 5. The van der Waals surface area contributed by atoms with Gasteiger partial charge in [0, 0.05) is 10.6 Å². The Kier molecular flexibility index (Phi) is 6.00. The predicted molar refractivity (Wildman–Crippen MR) is 88.2 cm³/mol. The van der Waals surface area contributed by atoms with E-state index in [0.717, 1.165) is 0 Å². The van der Waals surface area contributed by atoms with Crippen molar-refractivity contribution in [2.45, 2.75) is 19.4 Å². The van der Waals surface area contributed by atoms with Gasteiger partial charge in [0.25, 0.3) is 11.8 Å². The lowest BCUT2D eigenvalue weighted by Crippen LogP contribution is -2.47. The van der Waals surface area contributed by atoms with Crippen molar-refractivity contribution in [3.05, 3.63) is 65.2 Å². The van der Waals surface area contributed by atoms with E-state index in [1.54, 1.807) is 30.3 Å². The molecule has 23 heavy (non-hydrogen) atoms. The van der Waals surface area contributed by atoms with Crippen LogP contribution in [0.4, 0.5) is 0 Å². The summed E-state index contributed by atoms with van der Waals surface area (Å²) >= 11 is 5.83. The van der Waals surface area contributed by atoms with Crippen LogP contribution in [0.2, 0.25) is 5.02 Å². The van der Waals surface area contributed by atoms with E-state index in [-0.39, 0.29) is 0 Å². The summed E-state index contributed by atoms with van der Waals surface area (Å²) in [5, 5.41) is 0.447. The molecule has 2 amide bonds. The molecule has 6 heteroatoms. The number of halogens is 1. The lowest BCUT2D eigenvalue weighted by atomic mass is 10.2. The van der Waals surface area contributed by atoms with Crippen LogP contribution in [0, 0.1) is 0 Å². The van der Waals surface area contributed by atoms with E-state index < -0.39 is 17.9 Å². The molecular formula is C17H17ClN2O3. The van der Waals surface area contributed by atoms with E-state index in [4.69, 9.17) is 16.3 Å². The van der Waals surface area contributed by atoms with E-state index >= 15 is 0 Å². The second-order valence-electron chi connectivity index (χ2n) is 4.78. The summed E-state index contributed by atoms with van der Waals surface area (Å²) in [6.07, 6.45) is -0.231. The third-order valence-corrected chi connectivity index (χ3v) is 3.31. The van der Waals surface area contributed by atoms with Crippen molar-refractivity contribution in [3.63, 3.8) is 0 Å². The second kappa shape index (κ2) is 8.19. The smallest absolute Gasteiger partial charge is 0.279 e. The van der Waals surface area contributed by atoms with Crippen LogP contribution in [0.1, 0.15) is 23.7 Å².